The van der Waals surface area contributed by atoms with Gasteiger partial charge in [-0.1, -0.05) is 30.7 Å². The number of tetrazole rings is 1. The summed E-state index contributed by atoms with van der Waals surface area (Å²) in [5, 5.41) is 25.7. The Labute approximate surface area is 142 Å². The average molecular weight is 348 g/mol. The summed E-state index contributed by atoms with van der Waals surface area (Å²) >= 11 is 1.26. The van der Waals surface area contributed by atoms with Gasteiger partial charge in [0.2, 0.25) is 11.1 Å². The number of thioether (sulfide) groups is 1. The van der Waals surface area contributed by atoms with E-state index in [1.165, 1.54) is 42.8 Å². The molecule has 2 aromatic rings. The third kappa shape index (κ3) is 3.88. The lowest BCUT2D eigenvalue weighted by Crippen LogP contribution is -2.15. The minimum absolute atomic E-state index is 0.0642. The largest absolute Gasteiger partial charge is 0.325 e. The first-order valence-corrected chi connectivity index (χ1v) is 8.57. The Bertz CT molecular complexity index is 744. The van der Waals surface area contributed by atoms with Gasteiger partial charge in [0, 0.05) is 17.8 Å². The quantitative estimate of drug-likeness (QED) is 0.484. The Balaban J connectivity index is 1.57. The van der Waals surface area contributed by atoms with Crippen molar-refractivity contribution >= 4 is 29.0 Å². The van der Waals surface area contributed by atoms with E-state index in [2.05, 4.69) is 20.8 Å². The normalized spacial score (nSPS) is 14.7. The first kappa shape index (κ1) is 16.4. The summed E-state index contributed by atoms with van der Waals surface area (Å²) in [4.78, 5) is 22.3. The molecule has 3 rings (SSSR count). The van der Waals surface area contributed by atoms with E-state index < -0.39 is 4.92 Å². The van der Waals surface area contributed by atoms with Gasteiger partial charge in [0.05, 0.1) is 16.7 Å². The van der Waals surface area contributed by atoms with Crippen LogP contribution in [0.25, 0.3) is 0 Å². The van der Waals surface area contributed by atoms with E-state index in [0.29, 0.717) is 16.9 Å². The number of nitro benzene ring substituents is 1. The zero-order chi connectivity index (χ0) is 16.9. The standard InChI is InChI=1S/C14H16N6O3S/c21-13(15-10-4-3-7-12(8-10)20(22)23)9-24-14-16-17-18-19(14)11-5-1-2-6-11/h3-4,7-8,11H,1-2,5-6,9H2,(H,15,21). The number of nitrogens with one attached hydrogen (secondary N) is 1. The minimum atomic E-state index is -0.500. The van der Waals surface area contributed by atoms with Gasteiger partial charge in [-0.2, -0.15) is 0 Å². The third-order valence-electron chi connectivity index (χ3n) is 3.81. The summed E-state index contributed by atoms with van der Waals surface area (Å²) in [6, 6.07) is 6.15. The van der Waals surface area contributed by atoms with Crippen molar-refractivity contribution < 1.29 is 9.72 Å². The lowest BCUT2D eigenvalue weighted by Gasteiger charge is -2.10. The fourth-order valence-electron chi connectivity index (χ4n) is 2.68. The third-order valence-corrected chi connectivity index (χ3v) is 4.74. The number of nitro groups is 1. The van der Waals surface area contributed by atoms with Gasteiger partial charge in [-0.3, -0.25) is 14.9 Å². The number of carbonyl (C=O) groups excluding carboxylic acids is 1. The van der Waals surface area contributed by atoms with E-state index in [9.17, 15) is 14.9 Å². The number of aromatic nitrogens is 4. The molecule has 9 nitrogen and oxygen atoms in total. The molecular formula is C14H16N6O3S. The highest BCUT2D eigenvalue weighted by molar-refractivity contribution is 7.99. The van der Waals surface area contributed by atoms with Crippen molar-refractivity contribution in [1.82, 2.24) is 20.2 Å². The van der Waals surface area contributed by atoms with Gasteiger partial charge in [0.1, 0.15) is 0 Å². The Morgan fingerprint density at radius 1 is 1.42 bits per heavy atom. The van der Waals surface area contributed by atoms with Crippen LogP contribution in [0.4, 0.5) is 11.4 Å². The van der Waals surface area contributed by atoms with Crippen LogP contribution in [0.1, 0.15) is 31.7 Å². The van der Waals surface area contributed by atoms with E-state index in [-0.39, 0.29) is 17.3 Å². The summed E-state index contributed by atoms with van der Waals surface area (Å²) < 4.78 is 1.79. The van der Waals surface area contributed by atoms with Crippen molar-refractivity contribution in [3.63, 3.8) is 0 Å². The van der Waals surface area contributed by atoms with Crippen molar-refractivity contribution in [1.29, 1.82) is 0 Å². The first-order valence-electron chi connectivity index (χ1n) is 7.58. The van der Waals surface area contributed by atoms with Crippen LogP contribution in [-0.4, -0.2) is 36.8 Å². The fourth-order valence-corrected chi connectivity index (χ4v) is 3.43. The Hall–Kier alpha value is -2.49. The van der Waals surface area contributed by atoms with Crippen LogP contribution in [0, 0.1) is 10.1 Å². The molecule has 0 bridgehead atoms. The molecule has 0 spiro atoms. The second-order valence-corrected chi connectivity index (χ2v) is 6.43. The molecule has 0 unspecified atom stereocenters. The summed E-state index contributed by atoms with van der Waals surface area (Å²) in [7, 11) is 0. The molecule has 1 aromatic carbocycles. The number of nitrogens with zero attached hydrogens (tertiary/aromatic N) is 5. The molecule has 1 N–H and O–H groups in total. The van der Waals surface area contributed by atoms with Gasteiger partial charge in [0.25, 0.3) is 5.69 Å². The van der Waals surface area contributed by atoms with Crippen molar-refractivity contribution in [3.05, 3.63) is 34.4 Å². The molecule has 1 aliphatic rings. The molecular weight excluding hydrogens is 332 g/mol. The van der Waals surface area contributed by atoms with E-state index in [1.807, 2.05) is 0 Å². The monoisotopic (exact) mass is 348 g/mol. The molecule has 1 fully saturated rings. The first-order chi connectivity index (χ1) is 11.6. The number of non-ortho nitro benzene ring substituents is 1. The van der Waals surface area contributed by atoms with Crippen LogP contribution >= 0.6 is 11.8 Å². The van der Waals surface area contributed by atoms with Gasteiger partial charge >= 0.3 is 0 Å². The molecule has 1 amide bonds. The zero-order valence-corrected chi connectivity index (χ0v) is 13.6. The summed E-state index contributed by atoms with van der Waals surface area (Å²) in [5.41, 5.74) is 0.329. The van der Waals surface area contributed by atoms with Crippen LogP contribution in [0.5, 0.6) is 0 Å². The number of carbonyl (C=O) groups is 1. The molecule has 1 aromatic heterocycles. The van der Waals surface area contributed by atoms with E-state index >= 15 is 0 Å². The van der Waals surface area contributed by atoms with Crippen molar-refractivity contribution in [2.45, 2.75) is 36.9 Å². The van der Waals surface area contributed by atoms with Gasteiger partial charge in [0.15, 0.2) is 0 Å². The van der Waals surface area contributed by atoms with Crippen LogP contribution < -0.4 is 5.32 Å². The molecule has 24 heavy (non-hydrogen) atoms. The van der Waals surface area contributed by atoms with Gasteiger partial charge in [-0.05, 0) is 29.3 Å². The number of hydrogen-bond donors (Lipinski definition) is 1. The van der Waals surface area contributed by atoms with Crippen molar-refractivity contribution in [2.75, 3.05) is 11.1 Å². The van der Waals surface area contributed by atoms with Crippen LogP contribution in [0.2, 0.25) is 0 Å². The maximum atomic E-state index is 12.0. The van der Waals surface area contributed by atoms with Crippen LogP contribution in [0.15, 0.2) is 29.4 Å². The number of anilines is 1. The fraction of sp³-hybridized carbons (Fsp3) is 0.429. The molecule has 1 saturated carbocycles. The lowest BCUT2D eigenvalue weighted by molar-refractivity contribution is -0.384. The summed E-state index contributed by atoms with van der Waals surface area (Å²) in [6.07, 6.45) is 4.45. The van der Waals surface area contributed by atoms with Gasteiger partial charge in [-0.15, -0.1) is 5.10 Å². The summed E-state index contributed by atoms with van der Waals surface area (Å²) in [5.74, 6) is -0.128. The Kier molecular flexibility index (Phi) is 5.04. The predicted octanol–water partition coefficient (Wildman–Crippen LogP) is 2.43. The Morgan fingerprint density at radius 2 is 2.21 bits per heavy atom. The second kappa shape index (κ2) is 7.39. The molecule has 1 heterocycles. The molecule has 0 saturated heterocycles. The molecule has 1 aliphatic carbocycles. The van der Waals surface area contributed by atoms with Gasteiger partial charge < -0.3 is 5.32 Å². The number of amides is 1. The highest BCUT2D eigenvalue weighted by Gasteiger charge is 2.22. The summed E-state index contributed by atoms with van der Waals surface area (Å²) in [6.45, 7) is 0. The minimum Gasteiger partial charge on any atom is -0.325 e. The number of benzene rings is 1. The molecule has 0 atom stereocenters. The van der Waals surface area contributed by atoms with Crippen molar-refractivity contribution in [2.24, 2.45) is 0 Å². The molecule has 10 heteroatoms. The van der Waals surface area contributed by atoms with Crippen LogP contribution in [-0.2, 0) is 4.79 Å². The highest BCUT2D eigenvalue weighted by Crippen LogP contribution is 2.31. The average Bonchev–Trinajstić information content (AvgIpc) is 3.24. The van der Waals surface area contributed by atoms with E-state index in [1.54, 1.807) is 10.7 Å². The molecule has 0 aliphatic heterocycles. The van der Waals surface area contributed by atoms with E-state index in [4.69, 9.17) is 0 Å². The predicted molar refractivity (Wildman–Crippen MR) is 87.8 cm³/mol. The smallest absolute Gasteiger partial charge is 0.271 e. The maximum absolute atomic E-state index is 12.0. The second-order valence-electron chi connectivity index (χ2n) is 5.49. The highest BCUT2D eigenvalue weighted by atomic mass is 32.2. The number of hydrogen-bond acceptors (Lipinski definition) is 7. The van der Waals surface area contributed by atoms with Crippen LogP contribution in [0.3, 0.4) is 0 Å². The van der Waals surface area contributed by atoms with Crippen molar-refractivity contribution in [3.8, 4) is 0 Å². The lowest BCUT2D eigenvalue weighted by atomic mass is 10.3. The zero-order valence-electron chi connectivity index (χ0n) is 12.8. The van der Waals surface area contributed by atoms with Gasteiger partial charge in [-0.25, -0.2) is 4.68 Å². The molecule has 0 radical (unpaired) electrons. The number of rotatable bonds is 6. The maximum Gasteiger partial charge on any atom is 0.271 e. The SMILES string of the molecule is O=C(CSc1nnnn1C1CCCC1)Nc1cccc([N+](=O)[O-])c1. The van der Waals surface area contributed by atoms with E-state index in [0.717, 1.165) is 12.8 Å². The Morgan fingerprint density at radius 3 is 2.96 bits per heavy atom. The topological polar surface area (TPSA) is 116 Å². The molecule has 126 valence electrons.